The van der Waals surface area contributed by atoms with Crippen LogP contribution in [-0.4, -0.2) is 21.0 Å². The molecule has 1 aliphatic heterocycles. The summed E-state index contributed by atoms with van der Waals surface area (Å²) >= 11 is 0. The summed E-state index contributed by atoms with van der Waals surface area (Å²) in [5.74, 6) is 0.822. The molecule has 2 rings (SSSR count). The van der Waals surface area contributed by atoms with E-state index in [1.807, 2.05) is 6.07 Å². The second-order valence-electron chi connectivity index (χ2n) is 6.34. The molecule has 17 heavy (non-hydrogen) atoms. The Bertz CT molecular complexity index is 396. The van der Waals surface area contributed by atoms with Crippen LogP contribution in [0.25, 0.3) is 0 Å². The van der Waals surface area contributed by atoms with E-state index in [-0.39, 0.29) is 11.1 Å². The van der Waals surface area contributed by atoms with Crippen LogP contribution in [0.5, 0.6) is 0 Å². The van der Waals surface area contributed by atoms with Gasteiger partial charge in [0.05, 0.1) is 0 Å². The number of nitrogens with zero attached hydrogens (tertiary/aromatic N) is 2. The van der Waals surface area contributed by atoms with Crippen LogP contribution < -0.4 is 11.1 Å². The molecule has 0 atom stereocenters. The van der Waals surface area contributed by atoms with Crippen LogP contribution in [0.3, 0.4) is 0 Å². The van der Waals surface area contributed by atoms with Gasteiger partial charge in [-0.1, -0.05) is 0 Å². The minimum Gasteiger partial charge on any atom is -0.368 e. The van der Waals surface area contributed by atoms with Crippen molar-refractivity contribution in [1.82, 2.24) is 15.3 Å². The van der Waals surface area contributed by atoms with E-state index in [0.29, 0.717) is 11.9 Å². The second-order valence-corrected chi connectivity index (χ2v) is 6.34. The van der Waals surface area contributed by atoms with Gasteiger partial charge in [0.2, 0.25) is 5.95 Å². The maximum atomic E-state index is 5.66. The molecule has 0 saturated carbocycles. The molecular weight excluding hydrogens is 212 g/mol. The largest absolute Gasteiger partial charge is 0.368 e. The van der Waals surface area contributed by atoms with Crippen LogP contribution in [0.2, 0.25) is 0 Å². The molecule has 0 aliphatic carbocycles. The highest BCUT2D eigenvalue weighted by Gasteiger charge is 2.38. The summed E-state index contributed by atoms with van der Waals surface area (Å²) in [4.78, 5) is 8.33. The van der Waals surface area contributed by atoms with Crippen LogP contribution in [-0.2, 0) is 0 Å². The van der Waals surface area contributed by atoms with Crippen molar-refractivity contribution in [2.75, 3.05) is 5.73 Å². The smallest absolute Gasteiger partial charge is 0.220 e. The molecule has 0 spiro atoms. The third-order valence-electron chi connectivity index (χ3n) is 3.30. The summed E-state index contributed by atoms with van der Waals surface area (Å²) in [5.41, 5.74) is 6.99. The highest BCUT2D eigenvalue weighted by atomic mass is 15.1. The molecule has 4 heteroatoms. The molecule has 1 aromatic rings. The van der Waals surface area contributed by atoms with Crippen molar-refractivity contribution in [2.45, 2.75) is 57.5 Å². The lowest BCUT2D eigenvalue weighted by atomic mass is 9.74. The number of nitrogen functional groups attached to an aromatic ring is 1. The maximum Gasteiger partial charge on any atom is 0.220 e. The van der Waals surface area contributed by atoms with Gasteiger partial charge in [0.1, 0.15) is 0 Å². The van der Waals surface area contributed by atoms with Crippen LogP contribution >= 0.6 is 0 Å². The minimum absolute atomic E-state index is 0.131. The predicted octanol–water partition coefficient (Wildman–Crippen LogP) is 2.08. The number of anilines is 1. The van der Waals surface area contributed by atoms with Crippen molar-refractivity contribution in [3.8, 4) is 0 Å². The van der Waals surface area contributed by atoms with Crippen LogP contribution in [0.4, 0.5) is 5.95 Å². The fraction of sp³-hybridized carbons (Fsp3) is 0.692. The molecule has 1 saturated heterocycles. The normalized spacial score (nSPS) is 23.5. The summed E-state index contributed by atoms with van der Waals surface area (Å²) < 4.78 is 0. The average molecular weight is 234 g/mol. The first-order valence-electron chi connectivity index (χ1n) is 6.15. The van der Waals surface area contributed by atoms with Gasteiger partial charge in [-0.15, -0.1) is 0 Å². The highest BCUT2D eigenvalue weighted by molar-refractivity contribution is 5.21. The lowest BCUT2D eigenvalue weighted by Crippen LogP contribution is -2.57. The molecule has 3 N–H and O–H groups in total. The number of rotatable bonds is 1. The van der Waals surface area contributed by atoms with Crippen molar-refractivity contribution in [2.24, 2.45) is 0 Å². The third-order valence-corrected chi connectivity index (χ3v) is 3.30. The minimum atomic E-state index is 0.131. The molecule has 94 valence electrons. The number of hydrogen-bond acceptors (Lipinski definition) is 4. The standard InChI is InChI=1S/C13H22N4/c1-12(2)7-9(8-13(3,4)17-12)10-5-6-15-11(14)16-10/h5-6,9,17H,7-8H2,1-4H3,(H2,14,15,16). The Balaban J connectivity index is 2.27. The summed E-state index contributed by atoms with van der Waals surface area (Å²) in [6.07, 6.45) is 3.90. The zero-order valence-corrected chi connectivity index (χ0v) is 11.1. The first kappa shape index (κ1) is 12.3. The molecule has 0 aromatic carbocycles. The second kappa shape index (κ2) is 3.95. The van der Waals surface area contributed by atoms with Crippen LogP contribution in [0, 0.1) is 0 Å². The van der Waals surface area contributed by atoms with Gasteiger partial charge in [-0.05, 0) is 46.6 Å². The Morgan fingerprint density at radius 3 is 2.35 bits per heavy atom. The zero-order valence-electron chi connectivity index (χ0n) is 11.1. The van der Waals surface area contributed by atoms with Crippen molar-refractivity contribution >= 4 is 5.95 Å². The van der Waals surface area contributed by atoms with Crippen molar-refractivity contribution in [3.05, 3.63) is 18.0 Å². The number of nitrogens with one attached hydrogen (secondary N) is 1. The van der Waals surface area contributed by atoms with E-state index in [1.165, 1.54) is 0 Å². The SMILES string of the molecule is CC1(C)CC(c2ccnc(N)n2)CC(C)(C)N1. The van der Waals surface area contributed by atoms with E-state index in [1.54, 1.807) is 6.20 Å². The van der Waals surface area contributed by atoms with Gasteiger partial charge in [-0.2, -0.15) is 0 Å². The summed E-state index contributed by atoms with van der Waals surface area (Å²) in [6.45, 7) is 8.97. The fourth-order valence-corrected chi connectivity index (χ4v) is 3.15. The topological polar surface area (TPSA) is 63.8 Å². The molecule has 2 heterocycles. The van der Waals surface area contributed by atoms with Gasteiger partial charge in [-0.3, -0.25) is 0 Å². The molecule has 0 unspecified atom stereocenters. The maximum absolute atomic E-state index is 5.66. The highest BCUT2D eigenvalue weighted by Crippen LogP contribution is 2.38. The molecular formula is C13H22N4. The molecule has 1 aliphatic rings. The first-order valence-corrected chi connectivity index (χ1v) is 6.15. The van der Waals surface area contributed by atoms with Crippen molar-refractivity contribution in [1.29, 1.82) is 0 Å². The van der Waals surface area contributed by atoms with Gasteiger partial charge in [0.25, 0.3) is 0 Å². The number of nitrogens with two attached hydrogens (primary N) is 1. The van der Waals surface area contributed by atoms with Gasteiger partial charge in [0, 0.05) is 28.9 Å². The number of hydrogen-bond donors (Lipinski definition) is 2. The van der Waals surface area contributed by atoms with E-state index in [4.69, 9.17) is 5.73 Å². The Kier molecular flexibility index (Phi) is 2.86. The Hall–Kier alpha value is -1.16. The summed E-state index contributed by atoms with van der Waals surface area (Å²) in [5, 5.41) is 3.67. The lowest BCUT2D eigenvalue weighted by molar-refractivity contribution is 0.160. The van der Waals surface area contributed by atoms with Crippen LogP contribution in [0.15, 0.2) is 12.3 Å². The molecule has 0 bridgehead atoms. The Morgan fingerprint density at radius 1 is 1.24 bits per heavy atom. The number of piperidine rings is 1. The Morgan fingerprint density at radius 2 is 1.82 bits per heavy atom. The quantitative estimate of drug-likeness (QED) is 0.781. The summed E-state index contributed by atoms with van der Waals surface area (Å²) in [7, 11) is 0. The molecule has 0 amide bonds. The lowest BCUT2D eigenvalue weighted by Gasteiger charge is -2.46. The van der Waals surface area contributed by atoms with E-state index in [9.17, 15) is 0 Å². The molecule has 0 radical (unpaired) electrons. The average Bonchev–Trinajstić information content (AvgIpc) is 2.12. The predicted molar refractivity (Wildman–Crippen MR) is 69.7 cm³/mol. The zero-order chi connectivity index (χ0) is 12.7. The monoisotopic (exact) mass is 234 g/mol. The first-order chi connectivity index (χ1) is 7.77. The van der Waals surface area contributed by atoms with Gasteiger partial charge in [0.15, 0.2) is 0 Å². The third kappa shape index (κ3) is 2.94. The molecule has 1 fully saturated rings. The van der Waals surface area contributed by atoms with Gasteiger partial charge >= 0.3 is 0 Å². The van der Waals surface area contributed by atoms with E-state index >= 15 is 0 Å². The van der Waals surface area contributed by atoms with E-state index in [0.717, 1.165) is 18.5 Å². The molecule has 4 nitrogen and oxygen atoms in total. The molecule has 1 aromatic heterocycles. The van der Waals surface area contributed by atoms with E-state index < -0.39 is 0 Å². The Labute approximate surface area is 103 Å². The van der Waals surface area contributed by atoms with Crippen molar-refractivity contribution in [3.63, 3.8) is 0 Å². The number of aromatic nitrogens is 2. The van der Waals surface area contributed by atoms with E-state index in [2.05, 4.69) is 43.0 Å². The van der Waals surface area contributed by atoms with Gasteiger partial charge < -0.3 is 11.1 Å². The fourth-order valence-electron chi connectivity index (χ4n) is 3.15. The van der Waals surface area contributed by atoms with Crippen molar-refractivity contribution < 1.29 is 0 Å². The summed E-state index contributed by atoms with van der Waals surface area (Å²) in [6, 6.07) is 1.98. The van der Waals surface area contributed by atoms with Crippen LogP contribution in [0.1, 0.15) is 52.1 Å². The van der Waals surface area contributed by atoms with Gasteiger partial charge in [-0.25, -0.2) is 9.97 Å².